The first-order valence-electron chi connectivity index (χ1n) is 5.01. The third-order valence-electron chi connectivity index (χ3n) is 2.12. The van der Waals surface area contributed by atoms with Gasteiger partial charge in [-0.2, -0.15) is 0 Å². The number of carbonyl (C=O) groups excluding carboxylic acids is 1. The summed E-state index contributed by atoms with van der Waals surface area (Å²) in [6, 6.07) is 3.54. The van der Waals surface area contributed by atoms with Crippen molar-refractivity contribution in [1.29, 1.82) is 0 Å². The lowest BCUT2D eigenvalue weighted by molar-refractivity contribution is -0.139. The van der Waals surface area contributed by atoms with Gasteiger partial charge in [-0.25, -0.2) is 4.79 Å². The molecule has 0 saturated heterocycles. The molecule has 0 radical (unpaired) electrons. The number of pyridine rings is 1. The Morgan fingerprint density at radius 3 is 2.88 bits per heavy atom. The molecular weight excluding hydrogens is 206 g/mol. The van der Waals surface area contributed by atoms with Crippen molar-refractivity contribution in [3.05, 3.63) is 46.4 Å². The fourth-order valence-corrected chi connectivity index (χ4v) is 1.19. The zero-order chi connectivity index (χ0) is 12.1. The third kappa shape index (κ3) is 3.08. The Labute approximate surface area is 94.2 Å². The average molecular weight is 221 g/mol. The Morgan fingerprint density at radius 2 is 2.25 bits per heavy atom. The molecule has 0 aromatic carbocycles. The first kappa shape index (κ1) is 12.2. The van der Waals surface area contributed by atoms with E-state index in [1.807, 2.05) is 0 Å². The largest absolute Gasteiger partial charge is 0.460 e. The number of nitrogens with zero attached hydrogens (tertiary/aromatic N) is 1. The number of esters is 1. The second-order valence-corrected chi connectivity index (χ2v) is 3.61. The van der Waals surface area contributed by atoms with Gasteiger partial charge in [-0.15, -0.1) is 0 Å². The first-order chi connectivity index (χ1) is 7.52. The molecule has 0 aliphatic carbocycles. The summed E-state index contributed by atoms with van der Waals surface area (Å²) in [6.45, 7) is 7.34. The minimum atomic E-state index is -0.430. The number of rotatable bonds is 4. The molecule has 16 heavy (non-hydrogen) atoms. The molecule has 0 aliphatic heterocycles. The van der Waals surface area contributed by atoms with Gasteiger partial charge in [-0.3, -0.25) is 4.79 Å². The molecule has 0 amide bonds. The SMILES string of the molecule is C=C(C)C(=O)OCCn1cccc(C)c1=O. The predicted octanol–water partition coefficient (Wildman–Crippen LogP) is 1.28. The second-order valence-electron chi connectivity index (χ2n) is 3.61. The smallest absolute Gasteiger partial charge is 0.333 e. The van der Waals surface area contributed by atoms with E-state index in [-0.39, 0.29) is 12.2 Å². The number of aromatic nitrogens is 1. The normalized spacial score (nSPS) is 9.88. The van der Waals surface area contributed by atoms with Crippen LogP contribution in [0, 0.1) is 6.92 Å². The van der Waals surface area contributed by atoms with Crippen molar-refractivity contribution in [2.24, 2.45) is 0 Å². The van der Waals surface area contributed by atoms with Gasteiger partial charge in [-0.1, -0.05) is 12.6 Å². The monoisotopic (exact) mass is 221 g/mol. The van der Waals surface area contributed by atoms with Crippen LogP contribution >= 0.6 is 0 Å². The van der Waals surface area contributed by atoms with Gasteiger partial charge in [0.15, 0.2) is 0 Å². The van der Waals surface area contributed by atoms with Crippen LogP contribution in [0.5, 0.6) is 0 Å². The number of hydrogen-bond donors (Lipinski definition) is 0. The zero-order valence-corrected chi connectivity index (χ0v) is 9.53. The van der Waals surface area contributed by atoms with Crippen LogP contribution in [0.2, 0.25) is 0 Å². The summed E-state index contributed by atoms with van der Waals surface area (Å²) < 4.78 is 6.42. The molecule has 0 fully saturated rings. The number of ether oxygens (including phenoxy) is 1. The van der Waals surface area contributed by atoms with Crippen LogP contribution in [-0.2, 0) is 16.1 Å². The highest BCUT2D eigenvalue weighted by molar-refractivity contribution is 5.86. The number of aryl methyl sites for hydroxylation is 1. The van der Waals surface area contributed by atoms with E-state index < -0.39 is 5.97 Å². The first-order valence-corrected chi connectivity index (χ1v) is 5.01. The summed E-state index contributed by atoms with van der Waals surface area (Å²) in [6.07, 6.45) is 1.67. The lowest BCUT2D eigenvalue weighted by atomic mass is 10.3. The molecule has 0 spiro atoms. The number of hydrogen-bond acceptors (Lipinski definition) is 3. The molecule has 0 bridgehead atoms. The standard InChI is InChI=1S/C12H15NO3/c1-9(2)12(15)16-8-7-13-6-4-5-10(3)11(13)14/h4-6H,1,7-8H2,2-3H3. The van der Waals surface area contributed by atoms with Crippen LogP contribution in [0.15, 0.2) is 35.3 Å². The third-order valence-corrected chi connectivity index (χ3v) is 2.12. The van der Waals surface area contributed by atoms with Gasteiger partial charge in [0.1, 0.15) is 6.61 Å². The second kappa shape index (κ2) is 5.30. The summed E-state index contributed by atoms with van der Waals surface area (Å²) in [5, 5.41) is 0. The lowest BCUT2D eigenvalue weighted by Gasteiger charge is -2.07. The molecule has 86 valence electrons. The van der Waals surface area contributed by atoms with Crippen LogP contribution < -0.4 is 5.56 Å². The molecule has 0 N–H and O–H groups in total. The quantitative estimate of drug-likeness (QED) is 0.568. The maximum Gasteiger partial charge on any atom is 0.333 e. The van der Waals surface area contributed by atoms with Crippen molar-refractivity contribution < 1.29 is 9.53 Å². The highest BCUT2D eigenvalue weighted by Crippen LogP contribution is 1.93. The topological polar surface area (TPSA) is 48.3 Å². The highest BCUT2D eigenvalue weighted by Gasteiger charge is 2.03. The zero-order valence-electron chi connectivity index (χ0n) is 9.53. The maximum absolute atomic E-state index is 11.6. The highest BCUT2D eigenvalue weighted by atomic mass is 16.5. The summed E-state index contributed by atoms with van der Waals surface area (Å²) in [4.78, 5) is 22.7. The molecule has 4 heteroatoms. The van der Waals surface area contributed by atoms with Gasteiger partial charge in [0.2, 0.25) is 0 Å². The molecule has 1 aromatic heterocycles. The Hall–Kier alpha value is -1.84. The van der Waals surface area contributed by atoms with Gasteiger partial charge in [0, 0.05) is 17.3 Å². The Kier molecular flexibility index (Phi) is 4.05. The fraction of sp³-hybridized carbons (Fsp3) is 0.333. The van der Waals surface area contributed by atoms with Crippen molar-refractivity contribution in [3.8, 4) is 0 Å². The van der Waals surface area contributed by atoms with Gasteiger partial charge >= 0.3 is 5.97 Å². The van der Waals surface area contributed by atoms with Gasteiger partial charge < -0.3 is 9.30 Å². The van der Waals surface area contributed by atoms with E-state index in [2.05, 4.69) is 6.58 Å². The van der Waals surface area contributed by atoms with Crippen LogP contribution in [0.25, 0.3) is 0 Å². The van der Waals surface area contributed by atoms with Crippen LogP contribution in [-0.4, -0.2) is 17.1 Å². The van der Waals surface area contributed by atoms with E-state index in [9.17, 15) is 9.59 Å². The van der Waals surface area contributed by atoms with Crippen LogP contribution in [0.3, 0.4) is 0 Å². The van der Waals surface area contributed by atoms with Gasteiger partial charge in [0.05, 0.1) is 6.54 Å². The van der Waals surface area contributed by atoms with E-state index in [1.54, 1.807) is 32.2 Å². The number of carbonyl (C=O) groups is 1. The molecule has 0 unspecified atom stereocenters. The van der Waals surface area contributed by atoms with Gasteiger partial charge in [-0.05, 0) is 19.9 Å². The molecule has 1 aromatic rings. The summed E-state index contributed by atoms with van der Waals surface area (Å²) in [7, 11) is 0. The van der Waals surface area contributed by atoms with E-state index in [0.29, 0.717) is 17.7 Å². The molecule has 0 atom stereocenters. The average Bonchev–Trinajstić information content (AvgIpc) is 2.24. The van der Waals surface area contributed by atoms with Crippen molar-refractivity contribution in [1.82, 2.24) is 4.57 Å². The van der Waals surface area contributed by atoms with Gasteiger partial charge in [0.25, 0.3) is 5.56 Å². The lowest BCUT2D eigenvalue weighted by Crippen LogP contribution is -2.24. The summed E-state index contributed by atoms with van der Waals surface area (Å²) >= 11 is 0. The molecule has 4 nitrogen and oxygen atoms in total. The molecule has 1 heterocycles. The summed E-state index contributed by atoms with van der Waals surface area (Å²) in [5.74, 6) is -0.430. The minimum absolute atomic E-state index is 0.0612. The van der Waals surface area contributed by atoms with Crippen molar-refractivity contribution in [2.75, 3.05) is 6.61 Å². The molecular formula is C12H15NO3. The fourth-order valence-electron chi connectivity index (χ4n) is 1.19. The Morgan fingerprint density at radius 1 is 1.56 bits per heavy atom. The predicted molar refractivity (Wildman–Crippen MR) is 61.2 cm³/mol. The van der Waals surface area contributed by atoms with Crippen LogP contribution in [0.4, 0.5) is 0 Å². The maximum atomic E-state index is 11.6. The molecule has 0 saturated carbocycles. The van der Waals surface area contributed by atoms with Crippen molar-refractivity contribution in [3.63, 3.8) is 0 Å². The van der Waals surface area contributed by atoms with Crippen molar-refractivity contribution >= 4 is 5.97 Å². The van der Waals surface area contributed by atoms with Crippen LogP contribution in [0.1, 0.15) is 12.5 Å². The summed E-state index contributed by atoms with van der Waals surface area (Å²) in [5.41, 5.74) is 0.971. The minimum Gasteiger partial charge on any atom is -0.460 e. The van der Waals surface area contributed by atoms with E-state index >= 15 is 0 Å². The van der Waals surface area contributed by atoms with E-state index in [4.69, 9.17) is 4.74 Å². The van der Waals surface area contributed by atoms with E-state index in [1.165, 1.54) is 4.57 Å². The Bertz CT molecular complexity index is 460. The van der Waals surface area contributed by atoms with E-state index in [0.717, 1.165) is 0 Å². The molecule has 1 rings (SSSR count). The van der Waals surface area contributed by atoms with Crippen molar-refractivity contribution in [2.45, 2.75) is 20.4 Å². The molecule has 0 aliphatic rings. The Balaban J connectivity index is 2.56.